The molecule has 0 saturated heterocycles. The highest BCUT2D eigenvalue weighted by Gasteiger charge is 1.94. The van der Waals surface area contributed by atoms with Crippen molar-refractivity contribution in [2.75, 3.05) is 20.3 Å². The van der Waals surface area contributed by atoms with Gasteiger partial charge >= 0.3 is 0 Å². The second kappa shape index (κ2) is 8.43. The third-order valence-corrected chi connectivity index (χ3v) is 0.956. The molecule has 0 rings (SSSR count). The maximum Gasteiger partial charge on any atom is 0.222 e. The summed E-state index contributed by atoms with van der Waals surface area (Å²) in [5.41, 5.74) is 0. The average Bonchev–Trinajstić information content (AvgIpc) is 1.89. The van der Waals surface area contributed by atoms with Gasteiger partial charge in [-0.3, -0.25) is 4.79 Å². The van der Waals surface area contributed by atoms with Crippen LogP contribution < -0.4 is 5.32 Å². The van der Waals surface area contributed by atoms with Gasteiger partial charge in [-0.2, -0.15) is 0 Å². The number of carbonyl (C=O) groups excluding carboxylic acids is 1. The SMILES string of the molecule is C.CCOCCC(=O)NC. The Bertz CT molecular complexity index is 83.7. The summed E-state index contributed by atoms with van der Waals surface area (Å²) < 4.78 is 4.95. The van der Waals surface area contributed by atoms with E-state index in [1.807, 2.05) is 6.92 Å². The van der Waals surface area contributed by atoms with E-state index < -0.39 is 0 Å². The Balaban J connectivity index is 0. The van der Waals surface area contributed by atoms with Crippen molar-refractivity contribution < 1.29 is 9.53 Å². The van der Waals surface area contributed by atoms with Gasteiger partial charge in [0.05, 0.1) is 6.61 Å². The lowest BCUT2D eigenvalue weighted by Crippen LogP contribution is -2.19. The molecular weight excluding hydrogens is 130 g/mol. The largest absolute Gasteiger partial charge is 0.381 e. The molecule has 0 heterocycles. The predicted octanol–water partition coefficient (Wildman–Crippen LogP) is 0.795. The van der Waals surface area contributed by atoms with Crippen molar-refractivity contribution in [3.05, 3.63) is 0 Å². The quantitative estimate of drug-likeness (QED) is 0.597. The first-order valence-electron chi connectivity index (χ1n) is 3.09. The summed E-state index contributed by atoms with van der Waals surface area (Å²) >= 11 is 0. The van der Waals surface area contributed by atoms with E-state index in [9.17, 15) is 4.79 Å². The fraction of sp³-hybridized carbons (Fsp3) is 0.857. The number of hydrogen-bond acceptors (Lipinski definition) is 2. The van der Waals surface area contributed by atoms with Gasteiger partial charge in [-0.25, -0.2) is 0 Å². The van der Waals surface area contributed by atoms with Crippen LogP contribution in [0.1, 0.15) is 20.8 Å². The van der Waals surface area contributed by atoms with Crippen molar-refractivity contribution in [2.45, 2.75) is 20.8 Å². The fourth-order valence-electron chi connectivity index (χ4n) is 0.434. The lowest BCUT2D eigenvalue weighted by Gasteiger charge is -1.98. The van der Waals surface area contributed by atoms with Crippen LogP contribution in [-0.4, -0.2) is 26.2 Å². The molecule has 0 aromatic rings. The summed E-state index contributed by atoms with van der Waals surface area (Å²) in [6, 6.07) is 0. The molecule has 0 aromatic carbocycles. The molecule has 0 saturated carbocycles. The minimum Gasteiger partial charge on any atom is -0.381 e. The molecule has 0 aliphatic carbocycles. The van der Waals surface area contributed by atoms with Gasteiger partial charge in [0.25, 0.3) is 0 Å². The van der Waals surface area contributed by atoms with Crippen molar-refractivity contribution >= 4 is 5.91 Å². The first-order valence-corrected chi connectivity index (χ1v) is 3.09. The van der Waals surface area contributed by atoms with Gasteiger partial charge in [0.2, 0.25) is 5.91 Å². The summed E-state index contributed by atoms with van der Waals surface area (Å²) in [4.78, 5) is 10.5. The molecule has 0 unspecified atom stereocenters. The highest BCUT2D eigenvalue weighted by atomic mass is 16.5. The first-order chi connectivity index (χ1) is 4.31. The highest BCUT2D eigenvalue weighted by Crippen LogP contribution is 1.80. The smallest absolute Gasteiger partial charge is 0.222 e. The van der Waals surface area contributed by atoms with E-state index in [0.717, 1.165) is 0 Å². The molecule has 0 aromatic heterocycles. The number of hydrogen-bond donors (Lipinski definition) is 1. The van der Waals surface area contributed by atoms with E-state index in [4.69, 9.17) is 4.74 Å². The van der Waals surface area contributed by atoms with E-state index in [-0.39, 0.29) is 13.3 Å². The number of nitrogens with one attached hydrogen (secondary N) is 1. The zero-order valence-electron chi connectivity index (χ0n) is 5.94. The molecular formula is C7H17NO2. The summed E-state index contributed by atoms with van der Waals surface area (Å²) in [6.07, 6.45) is 0.463. The summed E-state index contributed by atoms with van der Waals surface area (Å²) in [7, 11) is 1.62. The Morgan fingerprint density at radius 2 is 2.20 bits per heavy atom. The first kappa shape index (κ1) is 12.1. The van der Waals surface area contributed by atoms with Crippen LogP contribution >= 0.6 is 0 Å². The summed E-state index contributed by atoms with van der Waals surface area (Å²) in [5.74, 6) is 0.0310. The summed E-state index contributed by atoms with van der Waals surface area (Å²) in [5, 5.41) is 2.50. The van der Waals surface area contributed by atoms with Crippen molar-refractivity contribution in [2.24, 2.45) is 0 Å². The van der Waals surface area contributed by atoms with E-state index in [1.165, 1.54) is 0 Å². The molecule has 62 valence electrons. The van der Waals surface area contributed by atoms with Crippen LogP contribution in [0, 0.1) is 0 Å². The van der Waals surface area contributed by atoms with E-state index in [1.54, 1.807) is 7.05 Å². The zero-order valence-corrected chi connectivity index (χ0v) is 5.94. The molecule has 0 aliphatic rings. The van der Waals surface area contributed by atoms with Crippen LogP contribution in [0.2, 0.25) is 0 Å². The topological polar surface area (TPSA) is 38.3 Å². The van der Waals surface area contributed by atoms with Gasteiger partial charge in [-0.15, -0.1) is 0 Å². The van der Waals surface area contributed by atoms with Crippen LogP contribution in [0.15, 0.2) is 0 Å². The van der Waals surface area contributed by atoms with Gasteiger partial charge < -0.3 is 10.1 Å². The predicted molar refractivity (Wildman–Crippen MR) is 41.9 cm³/mol. The van der Waals surface area contributed by atoms with E-state index in [0.29, 0.717) is 19.6 Å². The third kappa shape index (κ3) is 7.43. The van der Waals surface area contributed by atoms with Gasteiger partial charge in [0.1, 0.15) is 0 Å². The third-order valence-electron chi connectivity index (χ3n) is 0.956. The average molecular weight is 147 g/mol. The Morgan fingerprint density at radius 3 is 2.60 bits per heavy atom. The van der Waals surface area contributed by atoms with Crippen LogP contribution in [-0.2, 0) is 9.53 Å². The van der Waals surface area contributed by atoms with E-state index in [2.05, 4.69) is 5.32 Å². The van der Waals surface area contributed by atoms with Crippen LogP contribution in [0.3, 0.4) is 0 Å². The van der Waals surface area contributed by atoms with Crippen molar-refractivity contribution in [3.63, 3.8) is 0 Å². The molecule has 0 radical (unpaired) electrons. The molecule has 0 spiro atoms. The zero-order chi connectivity index (χ0) is 7.11. The minimum absolute atomic E-state index is 0. The Hall–Kier alpha value is -0.570. The van der Waals surface area contributed by atoms with E-state index >= 15 is 0 Å². The number of ether oxygens (including phenoxy) is 1. The molecule has 1 amide bonds. The molecule has 10 heavy (non-hydrogen) atoms. The maximum atomic E-state index is 10.5. The second-order valence-electron chi connectivity index (χ2n) is 1.62. The van der Waals surface area contributed by atoms with Gasteiger partial charge in [-0.1, -0.05) is 7.43 Å². The van der Waals surface area contributed by atoms with Crippen molar-refractivity contribution in [3.8, 4) is 0 Å². The number of carbonyl (C=O) groups is 1. The Kier molecular flexibility index (Phi) is 10.2. The fourth-order valence-corrected chi connectivity index (χ4v) is 0.434. The molecule has 3 heteroatoms. The lowest BCUT2D eigenvalue weighted by atomic mass is 10.4. The van der Waals surface area contributed by atoms with Crippen molar-refractivity contribution in [1.82, 2.24) is 5.32 Å². The molecule has 3 nitrogen and oxygen atoms in total. The van der Waals surface area contributed by atoms with Gasteiger partial charge in [-0.05, 0) is 6.92 Å². The highest BCUT2D eigenvalue weighted by molar-refractivity contribution is 5.75. The Morgan fingerprint density at radius 1 is 1.60 bits per heavy atom. The molecule has 1 N–H and O–H groups in total. The Labute approximate surface area is 62.8 Å². The molecule has 0 atom stereocenters. The van der Waals surface area contributed by atoms with Crippen LogP contribution in [0.25, 0.3) is 0 Å². The lowest BCUT2D eigenvalue weighted by molar-refractivity contribution is -0.121. The monoisotopic (exact) mass is 147 g/mol. The van der Waals surface area contributed by atoms with Crippen LogP contribution in [0.4, 0.5) is 0 Å². The molecule has 0 fully saturated rings. The normalized spacial score (nSPS) is 8.20. The second-order valence-corrected chi connectivity index (χ2v) is 1.62. The van der Waals surface area contributed by atoms with Gasteiger partial charge in [0.15, 0.2) is 0 Å². The standard InChI is InChI=1S/C6H13NO2.CH4/c1-3-9-5-4-6(8)7-2;/h3-5H2,1-2H3,(H,7,8);1H4. The number of amides is 1. The molecule has 0 bridgehead atoms. The summed E-state index contributed by atoms with van der Waals surface area (Å²) in [6.45, 7) is 3.11. The van der Waals surface area contributed by atoms with Gasteiger partial charge in [0, 0.05) is 20.1 Å². The molecule has 0 aliphatic heterocycles. The maximum absolute atomic E-state index is 10.5. The number of rotatable bonds is 4. The minimum atomic E-state index is 0. The van der Waals surface area contributed by atoms with Crippen molar-refractivity contribution in [1.29, 1.82) is 0 Å². The van der Waals surface area contributed by atoms with Crippen LogP contribution in [0.5, 0.6) is 0 Å².